The molecule has 1 amide bonds. The quantitative estimate of drug-likeness (QED) is 0.635. The third kappa shape index (κ3) is 2.86. The molecule has 92 valence electrons. The van der Waals surface area contributed by atoms with E-state index in [2.05, 4.69) is 15.4 Å². The molecule has 0 fully saturated rings. The molecule has 0 atom stereocenters. The van der Waals surface area contributed by atoms with Gasteiger partial charge in [0.1, 0.15) is 0 Å². The number of carbonyl (C=O) groups excluding carboxylic acids is 1. The molecule has 2 aromatic rings. The van der Waals surface area contributed by atoms with Crippen LogP contribution in [0.1, 0.15) is 17.7 Å². The van der Waals surface area contributed by atoms with Gasteiger partial charge >= 0.3 is 0 Å². The molecule has 2 heterocycles. The van der Waals surface area contributed by atoms with Crippen molar-refractivity contribution in [1.82, 2.24) is 19.9 Å². The highest BCUT2D eigenvalue weighted by Gasteiger charge is 2.01. The molecule has 0 bridgehead atoms. The Morgan fingerprint density at radius 1 is 1.61 bits per heavy atom. The van der Waals surface area contributed by atoms with Crippen molar-refractivity contribution in [3.63, 3.8) is 0 Å². The zero-order valence-electron chi connectivity index (χ0n) is 10.2. The number of fused-ring (bicyclic) bond motifs is 1. The van der Waals surface area contributed by atoms with Crippen molar-refractivity contribution in [2.75, 3.05) is 6.54 Å². The molecular weight excluding hydrogens is 228 g/mol. The van der Waals surface area contributed by atoms with Crippen LogP contribution in [0, 0.1) is 19.3 Å². The Morgan fingerprint density at radius 3 is 3.22 bits per heavy atom. The maximum Gasteiger partial charge on any atom is 0.295 e. The van der Waals surface area contributed by atoms with Crippen molar-refractivity contribution >= 4 is 11.6 Å². The Labute approximate surface area is 105 Å². The molecule has 0 aromatic carbocycles. The molecule has 0 aliphatic carbocycles. The fraction of sp³-hybridized carbons (Fsp3) is 0.308. The highest BCUT2D eigenvalue weighted by atomic mass is 16.1. The van der Waals surface area contributed by atoms with Crippen LogP contribution in [-0.4, -0.2) is 27.0 Å². The van der Waals surface area contributed by atoms with Crippen LogP contribution >= 0.6 is 0 Å². The number of hydrogen-bond donors (Lipinski definition) is 1. The Morgan fingerprint density at radius 2 is 2.44 bits per heavy atom. The Hall–Kier alpha value is -2.35. The van der Waals surface area contributed by atoms with Crippen molar-refractivity contribution in [1.29, 1.82) is 0 Å². The fourth-order valence-corrected chi connectivity index (χ4v) is 1.71. The van der Waals surface area contributed by atoms with Crippen LogP contribution in [0.25, 0.3) is 5.65 Å². The molecule has 18 heavy (non-hydrogen) atoms. The summed E-state index contributed by atoms with van der Waals surface area (Å²) >= 11 is 0. The van der Waals surface area contributed by atoms with Gasteiger partial charge < -0.3 is 5.32 Å². The van der Waals surface area contributed by atoms with Gasteiger partial charge in [0, 0.05) is 25.0 Å². The lowest BCUT2D eigenvalue weighted by Crippen LogP contribution is -2.22. The second kappa shape index (κ2) is 5.32. The highest BCUT2D eigenvalue weighted by Crippen LogP contribution is 2.06. The molecule has 1 N–H and O–H groups in total. The summed E-state index contributed by atoms with van der Waals surface area (Å²) in [5.74, 6) is 1.64. The summed E-state index contributed by atoms with van der Waals surface area (Å²) in [6.45, 7) is 2.50. The number of terminal acetylenes is 1. The van der Waals surface area contributed by atoms with E-state index in [0.717, 1.165) is 29.7 Å². The standard InChI is InChI=1S/C13H14N4O/c1-3-13(18)14-6-4-5-11-8-15-12-7-10(2)16-17(12)9-11/h1,7-9H,4-6H2,2H3,(H,14,18). The zero-order chi connectivity index (χ0) is 13.0. The number of hydrogen-bond acceptors (Lipinski definition) is 3. The van der Waals surface area contributed by atoms with Crippen LogP contribution in [0.2, 0.25) is 0 Å². The molecule has 2 aromatic heterocycles. The smallest absolute Gasteiger partial charge is 0.295 e. The molecule has 0 unspecified atom stereocenters. The monoisotopic (exact) mass is 242 g/mol. The molecule has 2 rings (SSSR count). The number of aromatic nitrogens is 3. The van der Waals surface area contributed by atoms with Gasteiger partial charge in [-0.1, -0.05) is 0 Å². The topological polar surface area (TPSA) is 59.3 Å². The van der Waals surface area contributed by atoms with Crippen molar-refractivity contribution in [2.24, 2.45) is 0 Å². The largest absolute Gasteiger partial charge is 0.345 e. The van der Waals surface area contributed by atoms with E-state index in [1.165, 1.54) is 0 Å². The van der Waals surface area contributed by atoms with Crippen molar-refractivity contribution in [2.45, 2.75) is 19.8 Å². The van der Waals surface area contributed by atoms with Crippen LogP contribution in [0.5, 0.6) is 0 Å². The van der Waals surface area contributed by atoms with E-state index in [9.17, 15) is 4.79 Å². The first-order chi connectivity index (χ1) is 8.69. The lowest BCUT2D eigenvalue weighted by atomic mass is 10.2. The van der Waals surface area contributed by atoms with Gasteiger partial charge in [0.2, 0.25) is 0 Å². The first-order valence-electron chi connectivity index (χ1n) is 5.74. The van der Waals surface area contributed by atoms with Gasteiger partial charge in [0.15, 0.2) is 5.65 Å². The van der Waals surface area contributed by atoms with Gasteiger partial charge in [-0.2, -0.15) is 5.10 Å². The van der Waals surface area contributed by atoms with Crippen LogP contribution in [0.15, 0.2) is 18.5 Å². The predicted molar refractivity (Wildman–Crippen MR) is 67.9 cm³/mol. The SMILES string of the molecule is C#CC(=O)NCCCc1cnc2cc(C)nn2c1. The Bertz CT molecular complexity index is 609. The number of rotatable bonds is 4. The van der Waals surface area contributed by atoms with Gasteiger partial charge in [-0.15, -0.1) is 6.42 Å². The third-order valence-electron chi connectivity index (χ3n) is 2.55. The number of aryl methyl sites for hydroxylation is 2. The predicted octanol–water partition coefficient (Wildman–Crippen LogP) is 0.720. The third-order valence-corrected chi connectivity index (χ3v) is 2.55. The molecule has 5 nitrogen and oxygen atoms in total. The van der Waals surface area contributed by atoms with E-state index < -0.39 is 0 Å². The first-order valence-corrected chi connectivity index (χ1v) is 5.74. The van der Waals surface area contributed by atoms with Crippen LogP contribution in [0.4, 0.5) is 0 Å². The van der Waals surface area contributed by atoms with Crippen LogP contribution in [0.3, 0.4) is 0 Å². The average molecular weight is 242 g/mol. The first kappa shape index (κ1) is 12.1. The summed E-state index contributed by atoms with van der Waals surface area (Å²) in [5, 5.41) is 6.93. The lowest BCUT2D eigenvalue weighted by molar-refractivity contribution is -0.115. The van der Waals surface area contributed by atoms with E-state index in [0.29, 0.717) is 6.54 Å². The summed E-state index contributed by atoms with van der Waals surface area (Å²) < 4.78 is 1.77. The van der Waals surface area contributed by atoms with Crippen molar-refractivity contribution in [3.05, 3.63) is 29.7 Å². The van der Waals surface area contributed by atoms with Gasteiger partial charge in [-0.3, -0.25) is 4.79 Å². The van der Waals surface area contributed by atoms with Gasteiger partial charge in [0.25, 0.3) is 5.91 Å². The summed E-state index contributed by atoms with van der Waals surface area (Å²) in [5.41, 5.74) is 2.87. The maximum absolute atomic E-state index is 10.8. The second-order valence-corrected chi connectivity index (χ2v) is 4.05. The fourth-order valence-electron chi connectivity index (χ4n) is 1.71. The molecule has 0 aliphatic rings. The number of nitrogens with one attached hydrogen (secondary N) is 1. The summed E-state index contributed by atoms with van der Waals surface area (Å²) in [4.78, 5) is 15.1. The number of carbonyl (C=O) groups is 1. The van der Waals surface area contributed by atoms with Gasteiger partial charge in [-0.05, 0) is 31.2 Å². The molecule has 5 heteroatoms. The van der Waals surface area contributed by atoms with Crippen molar-refractivity contribution < 1.29 is 4.79 Å². The van der Waals surface area contributed by atoms with E-state index in [-0.39, 0.29) is 5.91 Å². The summed E-state index contributed by atoms with van der Waals surface area (Å²) in [6, 6.07) is 1.93. The molecular formula is C13H14N4O. The molecule has 0 saturated heterocycles. The molecule has 0 radical (unpaired) electrons. The molecule has 0 saturated carbocycles. The Balaban J connectivity index is 1.92. The zero-order valence-corrected chi connectivity index (χ0v) is 10.2. The highest BCUT2D eigenvalue weighted by molar-refractivity contribution is 5.92. The van der Waals surface area contributed by atoms with E-state index >= 15 is 0 Å². The normalized spacial score (nSPS) is 10.2. The maximum atomic E-state index is 10.8. The minimum Gasteiger partial charge on any atom is -0.345 e. The second-order valence-electron chi connectivity index (χ2n) is 4.05. The average Bonchev–Trinajstić information content (AvgIpc) is 2.73. The minimum atomic E-state index is -0.369. The Kier molecular flexibility index (Phi) is 3.58. The van der Waals surface area contributed by atoms with Crippen LogP contribution < -0.4 is 5.32 Å². The van der Waals surface area contributed by atoms with Crippen LogP contribution in [-0.2, 0) is 11.2 Å². The van der Waals surface area contributed by atoms with E-state index in [1.807, 2.05) is 31.3 Å². The number of nitrogens with zero attached hydrogens (tertiary/aromatic N) is 3. The summed E-state index contributed by atoms with van der Waals surface area (Å²) in [6.07, 6.45) is 10.4. The molecule has 0 aliphatic heterocycles. The molecule has 0 spiro atoms. The lowest BCUT2D eigenvalue weighted by Gasteiger charge is -2.02. The van der Waals surface area contributed by atoms with E-state index in [1.54, 1.807) is 4.52 Å². The minimum absolute atomic E-state index is 0.369. The van der Waals surface area contributed by atoms with Gasteiger partial charge in [0.05, 0.1) is 5.69 Å². The van der Waals surface area contributed by atoms with E-state index in [4.69, 9.17) is 6.42 Å². The summed E-state index contributed by atoms with van der Waals surface area (Å²) in [7, 11) is 0. The number of amides is 1. The van der Waals surface area contributed by atoms with Gasteiger partial charge in [-0.25, -0.2) is 9.50 Å². The van der Waals surface area contributed by atoms with Crippen molar-refractivity contribution in [3.8, 4) is 12.3 Å².